The van der Waals surface area contributed by atoms with Gasteiger partial charge in [0, 0.05) is 32.8 Å². The van der Waals surface area contributed by atoms with Gasteiger partial charge >= 0.3 is 0 Å². The highest BCUT2D eigenvalue weighted by molar-refractivity contribution is 6.35. The number of amides is 1. The van der Waals surface area contributed by atoms with E-state index in [-0.39, 0.29) is 5.91 Å². The normalized spacial score (nSPS) is 11.3. The third kappa shape index (κ3) is 4.50. The van der Waals surface area contributed by atoms with Crippen LogP contribution in [0.3, 0.4) is 0 Å². The lowest BCUT2D eigenvalue weighted by Crippen LogP contribution is -2.08. The first-order chi connectivity index (χ1) is 14.0. The lowest BCUT2D eigenvalue weighted by Gasteiger charge is -2.06. The van der Waals surface area contributed by atoms with Crippen molar-refractivity contribution in [2.24, 2.45) is 0 Å². The summed E-state index contributed by atoms with van der Waals surface area (Å²) >= 11 is 12.1. The van der Waals surface area contributed by atoms with Crippen molar-refractivity contribution in [1.29, 1.82) is 0 Å². The highest BCUT2D eigenvalue weighted by Crippen LogP contribution is 2.29. The van der Waals surface area contributed by atoms with Crippen LogP contribution in [0.4, 0.5) is 5.69 Å². The molecule has 29 heavy (non-hydrogen) atoms. The Morgan fingerprint density at radius 1 is 1.03 bits per heavy atom. The van der Waals surface area contributed by atoms with Crippen molar-refractivity contribution >= 4 is 51.8 Å². The first kappa shape index (κ1) is 19.2. The zero-order valence-electron chi connectivity index (χ0n) is 15.4. The largest absolute Gasteiger partial charge is 0.457 e. The Morgan fingerprint density at radius 3 is 2.62 bits per heavy atom. The van der Waals surface area contributed by atoms with Crippen LogP contribution in [-0.4, -0.2) is 10.9 Å². The summed E-state index contributed by atoms with van der Waals surface area (Å²) in [4.78, 5) is 16.9. The standard InChI is InChI=1S/C23H16Cl2N2O2/c1-14-5-6-15-3-2-4-20(23(15)26-14)27-22(28)10-8-19-7-9-21(29-19)16-11-17(24)13-18(25)12-16/h2-13H,1H3,(H,27,28)/b10-8+. The van der Waals surface area contributed by atoms with Gasteiger partial charge in [-0.25, -0.2) is 0 Å². The van der Waals surface area contributed by atoms with Crippen LogP contribution in [-0.2, 0) is 4.79 Å². The van der Waals surface area contributed by atoms with Gasteiger partial charge in [0.2, 0.25) is 5.91 Å². The molecule has 1 amide bonds. The summed E-state index contributed by atoms with van der Waals surface area (Å²) in [5, 5.41) is 4.89. The first-order valence-electron chi connectivity index (χ1n) is 8.90. The van der Waals surface area contributed by atoms with Crippen molar-refractivity contribution in [3.8, 4) is 11.3 Å². The lowest BCUT2D eigenvalue weighted by molar-refractivity contribution is -0.111. The summed E-state index contributed by atoms with van der Waals surface area (Å²) in [6, 6.07) is 18.4. The molecule has 2 aromatic heterocycles. The minimum absolute atomic E-state index is 0.274. The van der Waals surface area contributed by atoms with E-state index in [9.17, 15) is 4.79 Å². The molecule has 0 spiro atoms. The number of aryl methyl sites for hydroxylation is 1. The molecular formula is C23H16Cl2N2O2. The van der Waals surface area contributed by atoms with E-state index in [0.29, 0.717) is 27.3 Å². The summed E-state index contributed by atoms with van der Waals surface area (Å²) in [5.41, 5.74) is 3.07. The molecule has 0 saturated carbocycles. The van der Waals surface area contributed by atoms with E-state index in [1.807, 2.05) is 37.3 Å². The second-order valence-corrected chi connectivity index (χ2v) is 7.39. The molecule has 6 heteroatoms. The highest BCUT2D eigenvalue weighted by atomic mass is 35.5. The van der Waals surface area contributed by atoms with Crippen molar-refractivity contribution in [1.82, 2.24) is 4.98 Å². The maximum absolute atomic E-state index is 12.4. The second kappa shape index (κ2) is 8.11. The molecular weight excluding hydrogens is 407 g/mol. The number of anilines is 1. The second-order valence-electron chi connectivity index (χ2n) is 6.51. The van der Waals surface area contributed by atoms with E-state index in [0.717, 1.165) is 22.2 Å². The summed E-state index contributed by atoms with van der Waals surface area (Å²) in [7, 11) is 0. The monoisotopic (exact) mass is 422 g/mol. The van der Waals surface area contributed by atoms with Crippen LogP contribution in [0.25, 0.3) is 28.3 Å². The Morgan fingerprint density at radius 2 is 1.83 bits per heavy atom. The zero-order chi connectivity index (χ0) is 20.4. The van der Waals surface area contributed by atoms with Gasteiger partial charge in [-0.1, -0.05) is 41.4 Å². The maximum Gasteiger partial charge on any atom is 0.248 e. The number of carbonyl (C=O) groups excluding carboxylic acids is 1. The fraction of sp³-hybridized carbons (Fsp3) is 0.0435. The molecule has 2 heterocycles. The van der Waals surface area contributed by atoms with Crippen LogP contribution in [0.5, 0.6) is 0 Å². The van der Waals surface area contributed by atoms with Gasteiger partial charge < -0.3 is 9.73 Å². The number of aromatic nitrogens is 1. The van der Waals surface area contributed by atoms with E-state index in [1.165, 1.54) is 6.08 Å². The number of pyridine rings is 1. The zero-order valence-corrected chi connectivity index (χ0v) is 17.0. The molecule has 0 radical (unpaired) electrons. The fourth-order valence-corrected chi connectivity index (χ4v) is 3.50. The third-order valence-electron chi connectivity index (χ3n) is 4.29. The predicted octanol–water partition coefficient (Wildman–Crippen LogP) is 6.76. The summed E-state index contributed by atoms with van der Waals surface area (Å²) < 4.78 is 5.77. The van der Waals surface area contributed by atoms with Gasteiger partial charge in [0.25, 0.3) is 0 Å². The SMILES string of the molecule is Cc1ccc2cccc(NC(=O)/C=C/c3ccc(-c4cc(Cl)cc(Cl)c4)o3)c2n1. The van der Waals surface area contributed by atoms with Crippen molar-refractivity contribution in [2.75, 3.05) is 5.32 Å². The fourth-order valence-electron chi connectivity index (χ4n) is 2.97. The van der Waals surface area contributed by atoms with E-state index in [4.69, 9.17) is 27.6 Å². The Balaban J connectivity index is 1.51. The van der Waals surface area contributed by atoms with Gasteiger partial charge in [-0.2, -0.15) is 0 Å². The number of fused-ring (bicyclic) bond motifs is 1. The van der Waals surface area contributed by atoms with E-state index in [2.05, 4.69) is 10.3 Å². The number of benzene rings is 2. The van der Waals surface area contributed by atoms with Crippen molar-refractivity contribution in [2.45, 2.75) is 6.92 Å². The van der Waals surface area contributed by atoms with E-state index < -0.39 is 0 Å². The van der Waals surface area contributed by atoms with Gasteiger partial charge in [0.05, 0.1) is 11.2 Å². The summed E-state index contributed by atoms with van der Waals surface area (Å²) in [6.07, 6.45) is 3.02. The van der Waals surface area contributed by atoms with E-state index in [1.54, 1.807) is 36.4 Å². The molecule has 0 bridgehead atoms. The number of nitrogens with one attached hydrogen (secondary N) is 1. The first-order valence-corrected chi connectivity index (χ1v) is 9.65. The minimum atomic E-state index is -0.274. The Hall–Kier alpha value is -3.08. The number of hydrogen-bond acceptors (Lipinski definition) is 3. The lowest BCUT2D eigenvalue weighted by atomic mass is 10.1. The Labute approximate surface area is 177 Å². The molecule has 0 unspecified atom stereocenters. The summed E-state index contributed by atoms with van der Waals surface area (Å²) in [6.45, 7) is 1.92. The van der Waals surface area contributed by atoms with Crippen LogP contribution in [0.1, 0.15) is 11.5 Å². The molecule has 0 fully saturated rings. The smallest absolute Gasteiger partial charge is 0.248 e. The third-order valence-corrected chi connectivity index (χ3v) is 4.73. The molecule has 0 aliphatic carbocycles. The number of rotatable bonds is 4. The topological polar surface area (TPSA) is 55.1 Å². The van der Waals surface area contributed by atoms with Gasteiger partial charge in [0.15, 0.2) is 0 Å². The van der Waals surface area contributed by atoms with Gasteiger partial charge in [0.1, 0.15) is 11.5 Å². The van der Waals surface area contributed by atoms with Gasteiger partial charge in [-0.3, -0.25) is 9.78 Å². The molecule has 4 nitrogen and oxygen atoms in total. The quantitative estimate of drug-likeness (QED) is 0.369. The number of halogens is 2. The number of carbonyl (C=O) groups is 1. The number of para-hydroxylation sites is 1. The number of hydrogen-bond donors (Lipinski definition) is 1. The van der Waals surface area contributed by atoms with Crippen molar-refractivity contribution in [3.63, 3.8) is 0 Å². The molecule has 4 rings (SSSR count). The van der Waals surface area contributed by atoms with Crippen LogP contribution in [0, 0.1) is 6.92 Å². The van der Waals surface area contributed by atoms with Gasteiger partial charge in [-0.15, -0.1) is 0 Å². The van der Waals surface area contributed by atoms with Crippen LogP contribution in [0.2, 0.25) is 10.0 Å². The van der Waals surface area contributed by atoms with Crippen molar-refractivity contribution in [3.05, 3.63) is 88.2 Å². The molecule has 1 N–H and O–H groups in total. The average Bonchev–Trinajstić information content (AvgIpc) is 3.15. The minimum Gasteiger partial charge on any atom is -0.457 e. The van der Waals surface area contributed by atoms with Crippen LogP contribution >= 0.6 is 23.2 Å². The molecule has 0 aliphatic heterocycles. The van der Waals surface area contributed by atoms with Gasteiger partial charge in [-0.05, 0) is 55.5 Å². The molecule has 0 saturated heterocycles. The molecule has 4 aromatic rings. The number of nitrogens with zero attached hydrogens (tertiary/aromatic N) is 1. The molecule has 0 atom stereocenters. The average molecular weight is 423 g/mol. The van der Waals surface area contributed by atoms with E-state index >= 15 is 0 Å². The molecule has 144 valence electrons. The Bertz CT molecular complexity index is 1220. The van der Waals surface area contributed by atoms with Crippen LogP contribution < -0.4 is 5.32 Å². The molecule has 2 aromatic carbocycles. The molecule has 0 aliphatic rings. The highest BCUT2D eigenvalue weighted by Gasteiger charge is 2.08. The van der Waals surface area contributed by atoms with Crippen LogP contribution in [0.15, 0.2) is 71.2 Å². The predicted molar refractivity (Wildman–Crippen MR) is 118 cm³/mol. The Kier molecular flexibility index (Phi) is 5.38. The number of furan rings is 1. The maximum atomic E-state index is 12.4. The van der Waals surface area contributed by atoms with Crippen molar-refractivity contribution < 1.29 is 9.21 Å². The summed E-state index contributed by atoms with van der Waals surface area (Å²) in [5.74, 6) is 0.880.